The smallest absolute Gasteiger partial charge is 0.278 e. The molecule has 1 atom stereocenters. The maximum atomic E-state index is 11.3. The van der Waals surface area contributed by atoms with Crippen LogP contribution in [0.2, 0.25) is 0 Å². The highest BCUT2D eigenvalue weighted by Gasteiger charge is 2.25. The molecule has 0 aromatic rings. The van der Waals surface area contributed by atoms with Crippen LogP contribution in [0.1, 0.15) is 19.3 Å². The SMILES string of the molecule is C[NH+](C)[C@@H]1CCCCNC1=O. The molecule has 1 fully saturated rings. The normalized spacial score (nSPS) is 26.5. The molecule has 0 spiro atoms. The van der Waals surface area contributed by atoms with Crippen LogP contribution in [0.25, 0.3) is 0 Å². The first-order valence-corrected chi connectivity index (χ1v) is 4.29. The lowest BCUT2D eigenvalue weighted by Crippen LogP contribution is -3.11. The van der Waals surface area contributed by atoms with Crippen molar-refractivity contribution >= 4 is 5.91 Å². The molecule has 2 N–H and O–H groups in total. The van der Waals surface area contributed by atoms with Crippen LogP contribution in [-0.4, -0.2) is 32.6 Å². The summed E-state index contributed by atoms with van der Waals surface area (Å²) < 4.78 is 0. The number of amides is 1. The first-order valence-electron chi connectivity index (χ1n) is 4.29. The van der Waals surface area contributed by atoms with Crippen LogP contribution in [0.3, 0.4) is 0 Å². The summed E-state index contributed by atoms with van der Waals surface area (Å²) in [5.41, 5.74) is 0. The first-order chi connectivity index (χ1) is 5.22. The van der Waals surface area contributed by atoms with Gasteiger partial charge >= 0.3 is 0 Å². The van der Waals surface area contributed by atoms with E-state index in [1.54, 1.807) is 0 Å². The predicted molar refractivity (Wildman–Crippen MR) is 43.5 cm³/mol. The van der Waals surface area contributed by atoms with Gasteiger partial charge in [0.2, 0.25) is 0 Å². The molecule has 0 aromatic heterocycles. The van der Waals surface area contributed by atoms with Gasteiger partial charge in [-0.3, -0.25) is 4.79 Å². The second-order valence-corrected chi connectivity index (χ2v) is 3.42. The van der Waals surface area contributed by atoms with Crippen LogP contribution < -0.4 is 10.2 Å². The molecule has 0 aromatic carbocycles. The van der Waals surface area contributed by atoms with E-state index in [4.69, 9.17) is 0 Å². The Morgan fingerprint density at radius 2 is 2.18 bits per heavy atom. The summed E-state index contributed by atoms with van der Waals surface area (Å²) in [5, 5.41) is 2.92. The minimum Gasteiger partial charge on any atom is -0.351 e. The fraction of sp³-hybridized carbons (Fsp3) is 0.875. The topological polar surface area (TPSA) is 33.5 Å². The molecule has 0 unspecified atom stereocenters. The second-order valence-electron chi connectivity index (χ2n) is 3.42. The quantitative estimate of drug-likeness (QED) is 0.492. The third-order valence-electron chi connectivity index (χ3n) is 2.23. The zero-order valence-corrected chi connectivity index (χ0v) is 7.31. The second kappa shape index (κ2) is 3.72. The van der Waals surface area contributed by atoms with Crippen molar-refractivity contribution in [3.8, 4) is 0 Å². The fourth-order valence-electron chi connectivity index (χ4n) is 1.49. The van der Waals surface area contributed by atoms with Crippen LogP contribution in [0.4, 0.5) is 0 Å². The number of hydrogen-bond acceptors (Lipinski definition) is 1. The van der Waals surface area contributed by atoms with Crippen LogP contribution in [0, 0.1) is 0 Å². The molecule has 1 aliphatic heterocycles. The molecule has 0 bridgehead atoms. The first kappa shape index (κ1) is 8.53. The van der Waals surface area contributed by atoms with E-state index >= 15 is 0 Å². The van der Waals surface area contributed by atoms with E-state index in [2.05, 4.69) is 5.32 Å². The van der Waals surface area contributed by atoms with E-state index in [0.29, 0.717) is 0 Å². The Hall–Kier alpha value is -0.570. The fourth-order valence-corrected chi connectivity index (χ4v) is 1.49. The summed E-state index contributed by atoms with van der Waals surface area (Å²) in [5.74, 6) is 0.225. The standard InChI is InChI=1S/C8H16N2O/c1-10(2)7-5-3-4-6-9-8(7)11/h7H,3-6H2,1-2H3,(H,9,11)/p+1/t7-/m1/s1. The zero-order chi connectivity index (χ0) is 8.27. The molecule has 1 aliphatic rings. The van der Waals surface area contributed by atoms with Gasteiger partial charge in [0.15, 0.2) is 6.04 Å². The van der Waals surface area contributed by atoms with Crippen LogP contribution in [0.15, 0.2) is 0 Å². The minimum atomic E-state index is 0.178. The molecule has 11 heavy (non-hydrogen) atoms. The van der Waals surface area contributed by atoms with E-state index < -0.39 is 0 Å². The average molecular weight is 157 g/mol. The van der Waals surface area contributed by atoms with Crippen LogP contribution >= 0.6 is 0 Å². The van der Waals surface area contributed by atoms with Gasteiger partial charge in [-0.1, -0.05) is 0 Å². The molecular weight excluding hydrogens is 140 g/mol. The molecule has 1 amide bonds. The lowest BCUT2D eigenvalue weighted by molar-refractivity contribution is -0.875. The van der Waals surface area contributed by atoms with Crippen LogP contribution in [-0.2, 0) is 4.79 Å². The molecule has 3 heteroatoms. The van der Waals surface area contributed by atoms with E-state index in [1.807, 2.05) is 14.1 Å². The number of nitrogens with one attached hydrogen (secondary N) is 2. The van der Waals surface area contributed by atoms with Crippen molar-refractivity contribution in [2.75, 3.05) is 20.6 Å². The number of carbonyl (C=O) groups excluding carboxylic acids is 1. The van der Waals surface area contributed by atoms with E-state index in [0.717, 1.165) is 19.4 Å². The maximum absolute atomic E-state index is 11.3. The average Bonchev–Trinajstić information content (AvgIpc) is 2.13. The largest absolute Gasteiger partial charge is 0.351 e. The minimum absolute atomic E-state index is 0.178. The van der Waals surface area contributed by atoms with Crippen molar-refractivity contribution in [3.05, 3.63) is 0 Å². The van der Waals surface area contributed by atoms with Crippen molar-refractivity contribution in [2.24, 2.45) is 0 Å². The van der Waals surface area contributed by atoms with Crippen molar-refractivity contribution in [3.63, 3.8) is 0 Å². The van der Waals surface area contributed by atoms with Gasteiger partial charge in [-0.2, -0.15) is 0 Å². The summed E-state index contributed by atoms with van der Waals surface area (Å²) in [4.78, 5) is 12.6. The third kappa shape index (κ3) is 2.19. The molecule has 1 heterocycles. The highest BCUT2D eigenvalue weighted by Crippen LogP contribution is 2.01. The van der Waals surface area contributed by atoms with E-state index in [-0.39, 0.29) is 11.9 Å². The zero-order valence-electron chi connectivity index (χ0n) is 7.31. The highest BCUT2D eigenvalue weighted by atomic mass is 16.2. The Kier molecular flexibility index (Phi) is 2.88. The Morgan fingerprint density at radius 1 is 1.45 bits per heavy atom. The number of rotatable bonds is 1. The van der Waals surface area contributed by atoms with Gasteiger partial charge in [0.25, 0.3) is 5.91 Å². The van der Waals surface area contributed by atoms with Crippen molar-refractivity contribution in [2.45, 2.75) is 25.3 Å². The summed E-state index contributed by atoms with van der Waals surface area (Å²) in [6.45, 7) is 0.864. The molecule has 64 valence electrons. The van der Waals surface area contributed by atoms with Crippen molar-refractivity contribution in [1.82, 2.24) is 5.32 Å². The van der Waals surface area contributed by atoms with E-state index in [1.165, 1.54) is 11.3 Å². The Labute approximate surface area is 67.8 Å². The number of carbonyl (C=O) groups is 1. The van der Waals surface area contributed by atoms with Gasteiger partial charge in [-0.25, -0.2) is 0 Å². The third-order valence-corrected chi connectivity index (χ3v) is 2.23. The predicted octanol–water partition coefficient (Wildman–Crippen LogP) is -1.20. The molecule has 1 saturated heterocycles. The lowest BCUT2D eigenvalue weighted by Gasteiger charge is -2.17. The summed E-state index contributed by atoms with van der Waals surface area (Å²) in [6, 6.07) is 0.178. The highest BCUT2D eigenvalue weighted by molar-refractivity contribution is 5.80. The Bertz CT molecular complexity index is 145. The Balaban J connectivity index is 2.52. The van der Waals surface area contributed by atoms with Gasteiger partial charge in [0.1, 0.15) is 0 Å². The summed E-state index contributed by atoms with van der Waals surface area (Å²) >= 11 is 0. The summed E-state index contributed by atoms with van der Waals surface area (Å²) in [6.07, 6.45) is 3.35. The number of likely N-dealkylation sites (N-methyl/N-ethyl adjacent to an activating group) is 1. The van der Waals surface area contributed by atoms with Gasteiger partial charge in [0, 0.05) is 13.0 Å². The van der Waals surface area contributed by atoms with Gasteiger partial charge in [0.05, 0.1) is 14.1 Å². The van der Waals surface area contributed by atoms with Gasteiger partial charge in [-0.05, 0) is 12.8 Å². The molecule has 3 nitrogen and oxygen atoms in total. The van der Waals surface area contributed by atoms with E-state index in [9.17, 15) is 4.79 Å². The number of quaternary nitrogens is 1. The summed E-state index contributed by atoms with van der Waals surface area (Å²) in [7, 11) is 4.07. The Morgan fingerprint density at radius 3 is 2.82 bits per heavy atom. The van der Waals surface area contributed by atoms with Crippen molar-refractivity contribution in [1.29, 1.82) is 0 Å². The van der Waals surface area contributed by atoms with Gasteiger partial charge in [-0.15, -0.1) is 0 Å². The lowest BCUT2D eigenvalue weighted by atomic mass is 10.1. The molecule has 0 saturated carbocycles. The molecule has 0 radical (unpaired) electrons. The number of hydrogen-bond donors (Lipinski definition) is 2. The molecule has 1 rings (SSSR count). The van der Waals surface area contributed by atoms with Crippen LogP contribution in [0.5, 0.6) is 0 Å². The monoisotopic (exact) mass is 157 g/mol. The van der Waals surface area contributed by atoms with Gasteiger partial charge < -0.3 is 10.2 Å². The molecule has 0 aliphatic carbocycles. The molecular formula is C8H17N2O+. The van der Waals surface area contributed by atoms with Crippen molar-refractivity contribution < 1.29 is 9.69 Å². The maximum Gasteiger partial charge on any atom is 0.278 e.